The lowest BCUT2D eigenvalue weighted by Gasteiger charge is -2.09. The van der Waals surface area contributed by atoms with Gasteiger partial charge in [0.05, 0.1) is 12.6 Å². The van der Waals surface area contributed by atoms with Crippen LogP contribution in [0.4, 0.5) is 18.3 Å². The molecule has 1 aromatic rings. The number of hydrogen-bond acceptors (Lipinski definition) is 7. The van der Waals surface area contributed by atoms with E-state index in [1.807, 2.05) is 0 Å². The van der Waals surface area contributed by atoms with E-state index < -0.39 is 24.2 Å². The van der Waals surface area contributed by atoms with Crippen molar-refractivity contribution in [2.75, 3.05) is 5.73 Å². The molecule has 0 aliphatic carbocycles. The van der Waals surface area contributed by atoms with Crippen molar-refractivity contribution in [3.8, 4) is 0 Å². The third-order valence-corrected chi connectivity index (χ3v) is 3.08. The molecule has 0 unspecified atom stereocenters. The van der Waals surface area contributed by atoms with Crippen LogP contribution in [-0.2, 0) is 20.9 Å². The van der Waals surface area contributed by atoms with Gasteiger partial charge in [0.2, 0.25) is 5.91 Å². The number of carbonyl (C=O) groups is 3. The largest absolute Gasteiger partial charge is 0.490 e. The first kappa shape index (κ1) is 21.6. The normalized spacial score (nSPS) is 11.8. The summed E-state index contributed by atoms with van der Waals surface area (Å²) >= 11 is 1.28. The zero-order valence-corrected chi connectivity index (χ0v) is 12.9. The van der Waals surface area contributed by atoms with Gasteiger partial charge in [-0.3, -0.25) is 9.59 Å². The van der Waals surface area contributed by atoms with Crippen LogP contribution in [0.3, 0.4) is 0 Å². The second-order valence-corrected chi connectivity index (χ2v) is 5.37. The van der Waals surface area contributed by atoms with Crippen LogP contribution in [0.5, 0.6) is 0 Å². The van der Waals surface area contributed by atoms with Crippen molar-refractivity contribution in [3.63, 3.8) is 0 Å². The second kappa shape index (κ2) is 9.67. The third-order valence-electron chi connectivity index (χ3n) is 2.26. The fourth-order valence-corrected chi connectivity index (χ4v) is 1.74. The highest BCUT2D eigenvalue weighted by atomic mass is 32.1. The maximum Gasteiger partial charge on any atom is 0.490 e. The van der Waals surface area contributed by atoms with Crippen molar-refractivity contribution in [2.24, 2.45) is 5.73 Å². The molecule has 1 heterocycles. The van der Waals surface area contributed by atoms with Crippen LogP contribution < -0.4 is 16.8 Å². The SMILES string of the molecule is Nc1ncc(CNC(=O)[C@@H](N)CCC(=O)O)s1.O=C(O)C(F)(F)F. The topological polar surface area (TPSA) is 169 Å². The first-order chi connectivity index (χ1) is 10.9. The fraction of sp³-hybridized carbons (Fsp3) is 0.455. The standard InChI is InChI=1S/C9H14N4O3S.C2HF3O2/c10-6(1-2-7(14)15)8(16)12-3-5-4-13-9(11)17-5;3-2(4,5)1(6)7/h4,6H,1-3,10H2,(H2,11,13)(H,12,16)(H,14,15);(H,6,7)/t6-;/m0./s1. The number of nitrogens with zero attached hydrogens (tertiary/aromatic N) is 1. The van der Waals surface area contributed by atoms with E-state index in [1.165, 1.54) is 11.3 Å². The second-order valence-electron chi connectivity index (χ2n) is 4.22. The molecule has 24 heavy (non-hydrogen) atoms. The Kier molecular flexibility index (Phi) is 8.70. The van der Waals surface area contributed by atoms with Gasteiger partial charge in [0.25, 0.3) is 0 Å². The predicted molar refractivity (Wildman–Crippen MR) is 76.9 cm³/mol. The van der Waals surface area contributed by atoms with Crippen molar-refractivity contribution in [1.29, 1.82) is 0 Å². The minimum atomic E-state index is -5.08. The number of alkyl halides is 3. The number of thiazole rings is 1. The molecule has 0 aromatic carbocycles. The molecule has 1 amide bonds. The van der Waals surface area contributed by atoms with Gasteiger partial charge in [0.1, 0.15) is 0 Å². The fourth-order valence-electron chi connectivity index (χ4n) is 1.12. The maximum absolute atomic E-state index is 11.5. The molecule has 0 spiro atoms. The number of rotatable bonds is 6. The molecule has 0 aliphatic rings. The number of nitrogen functional groups attached to an aromatic ring is 1. The predicted octanol–water partition coefficient (Wildman–Crippen LogP) is 0.167. The molecule has 1 rings (SSSR count). The van der Waals surface area contributed by atoms with Crippen LogP contribution in [-0.4, -0.2) is 45.3 Å². The van der Waals surface area contributed by atoms with Crippen molar-refractivity contribution in [2.45, 2.75) is 31.6 Å². The Hall–Kier alpha value is -2.41. The van der Waals surface area contributed by atoms with E-state index in [4.69, 9.17) is 26.5 Å². The van der Waals surface area contributed by atoms with Crippen molar-refractivity contribution >= 4 is 34.3 Å². The molecule has 136 valence electrons. The molecular weight excluding hydrogens is 357 g/mol. The molecule has 13 heteroatoms. The number of anilines is 1. The van der Waals surface area contributed by atoms with E-state index in [9.17, 15) is 22.8 Å². The summed E-state index contributed by atoms with van der Waals surface area (Å²) in [4.78, 5) is 35.3. The van der Waals surface area contributed by atoms with Gasteiger partial charge in [-0.25, -0.2) is 9.78 Å². The summed E-state index contributed by atoms with van der Waals surface area (Å²) in [5.41, 5.74) is 11.0. The molecule has 0 saturated heterocycles. The summed E-state index contributed by atoms with van der Waals surface area (Å²) in [6, 6.07) is -0.809. The van der Waals surface area contributed by atoms with E-state index in [-0.39, 0.29) is 18.7 Å². The van der Waals surface area contributed by atoms with Crippen LogP contribution in [0.2, 0.25) is 0 Å². The number of aliphatic carboxylic acids is 2. The minimum absolute atomic E-state index is 0.117. The van der Waals surface area contributed by atoms with E-state index in [1.54, 1.807) is 6.20 Å². The lowest BCUT2D eigenvalue weighted by Crippen LogP contribution is -2.40. The van der Waals surface area contributed by atoms with Gasteiger partial charge in [-0.2, -0.15) is 13.2 Å². The van der Waals surface area contributed by atoms with Crippen LogP contribution in [0.1, 0.15) is 17.7 Å². The number of carboxylic acid groups (broad SMARTS) is 2. The molecule has 1 atom stereocenters. The number of aromatic nitrogens is 1. The summed E-state index contributed by atoms with van der Waals surface area (Å²) in [7, 11) is 0. The lowest BCUT2D eigenvalue weighted by atomic mass is 10.1. The molecule has 1 aromatic heterocycles. The number of halogens is 3. The highest BCUT2D eigenvalue weighted by molar-refractivity contribution is 7.15. The Labute approximate surface area is 137 Å². The van der Waals surface area contributed by atoms with Gasteiger partial charge >= 0.3 is 18.1 Å². The van der Waals surface area contributed by atoms with E-state index in [0.29, 0.717) is 11.7 Å². The Morgan fingerprint density at radius 1 is 1.33 bits per heavy atom. The monoisotopic (exact) mass is 372 g/mol. The van der Waals surface area contributed by atoms with Crippen molar-refractivity contribution < 1.29 is 37.8 Å². The molecule has 0 saturated carbocycles. The highest BCUT2D eigenvalue weighted by Gasteiger charge is 2.38. The lowest BCUT2D eigenvalue weighted by molar-refractivity contribution is -0.192. The number of carbonyl (C=O) groups excluding carboxylic acids is 1. The number of nitrogens with one attached hydrogen (secondary N) is 1. The van der Waals surface area contributed by atoms with Crippen LogP contribution in [0.15, 0.2) is 6.20 Å². The zero-order valence-electron chi connectivity index (χ0n) is 12.0. The van der Waals surface area contributed by atoms with E-state index in [0.717, 1.165) is 4.88 Å². The Balaban J connectivity index is 0.000000640. The third kappa shape index (κ3) is 9.58. The van der Waals surface area contributed by atoms with Gasteiger partial charge < -0.3 is 27.0 Å². The van der Waals surface area contributed by atoms with Gasteiger partial charge in [-0.1, -0.05) is 0 Å². The number of amides is 1. The zero-order chi connectivity index (χ0) is 18.9. The van der Waals surface area contributed by atoms with Crippen LogP contribution in [0, 0.1) is 0 Å². The average Bonchev–Trinajstić information content (AvgIpc) is 2.87. The van der Waals surface area contributed by atoms with Gasteiger partial charge in [0.15, 0.2) is 5.13 Å². The molecule has 0 fully saturated rings. The summed E-state index contributed by atoms with van der Waals surface area (Å²) in [5.74, 6) is -4.10. The van der Waals surface area contributed by atoms with Crippen LogP contribution >= 0.6 is 11.3 Å². The summed E-state index contributed by atoms with van der Waals surface area (Å²) in [6.45, 7) is 0.300. The quantitative estimate of drug-likeness (QED) is 0.470. The Morgan fingerprint density at radius 3 is 2.25 bits per heavy atom. The summed E-state index contributed by atoms with van der Waals surface area (Å²) < 4.78 is 31.7. The Bertz CT molecular complexity index is 578. The minimum Gasteiger partial charge on any atom is -0.481 e. The molecule has 0 radical (unpaired) electrons. The van der Waals surface area contributed by atoms with Crippen molar-refractivity contribution in [3.05, 3.63) is 11.1 Å². The molecule has 0 bridgehead atoms. The van der Waals surface area contributed by atoms with Gasteiger partial charge in [0, 0.05) is 17.5 Å². The van der Waals surface area contributed by atoms with Crippen molar-refractivity contribution in [1.82, 2.24) is 10.3 Å². The molecule has 0 aliphatic heterocycles. The highest BCUT2D eigenvalue weighted by Crippen LogP contribution is 2.14. The van der Waals surface area contributed by atoms with Gasteiger partial charge in [-0.05, 0) is 6.42 Å². The summed E-state index contributed by atoms with van der Waals surface area (Å²) in [5, 5.41) is 18.6. The first-order valence-electron chi connectivity index (χ1n) is 6.18. The smallest absolute Gasteiger partial charge is 0.481 e. The average molecular weight is 372 g/mol. The Morgan fingerprint density at radius 2 is 1.88 bits per heavy atom. The van der Waals surface area contributed by atoms with E-state index >= 15 is 0 Å². The molecule has 9 nitrogen and oxygen atoms in total. The van der Waals surface area contributed by atoms with Crippen LogP contribution in [0.25, 0.3) is 0 Å². The maximum atomic E-state index is 11.5. The first-order valence-corrected chi connectivity index (χ1v) is 7.00. The molecular formula is C11H15F3N4O5S. The number of nitrogens with two attached hydrogens (primary N) is 2. The number of hydrogen-bond donors (Lipinski definition) is 5. The van der Waals surface area contributed by atoms with E-state index in [2.05, 4.69) is 10.3 Å². The van der Waals surface area contributed by atoms with Gasteiger partial charge in [-0.15, -0.1) is 11.3 Å². The summed E-state index contributed by atoms with van der Waals surface area (Å²) in [6.07, 6.45) is -3.52. The number of carboxylic acids is 2. The molecule has 7 N–H and O–H groups in total.